The molecule has 0 radical (unpaired) electrons. The van der Waals surface area contributed by atoms with E-state index in [-0.39, 0.29) is 0 Å². The Bertz CT molecular complexity index is 147. The van der Waals surface area contributed by atoms with Crippen molar-refractivity contribution < 1.29 is 4.46 Å². The van der Waals surface area contributed by atoms with E-state index < -0.39 is 9.41 Å². The molecule has 1 aromatic heterocycles. The molecule has 0 atom stereocenters. The number of hydrogen-bond donors (Lipinski definition) is 0. The lowest BCUT2D eigenvalue weighted by Crippen LogP contribution is -1.95. The second-order valence-electron chi connectivity index (χ2n) is 1.13. The minimum atomic E-state index is -0.688. The molecule has 0 aliphatic rings. The van der Waals surface area contributed by atoms with Crippen molar-refractivity contribution in [1.82, 2.24) is 0 Å². The highest BCUT2D eigenvalue weighted by atomic mass is 32.1. The third-order valence-corrected chi connectivity index (χ3v) is 2.48. The van der Waals surface area contributed by atoms with Crippen molar-refractivity contribution in [3.63, 3.8) is 0 Å². The average Bonchev–Trinajstić information content (AvgIpc) is 2.14. The van der Waals surface area contributed by atoms with E-state index in [2.05, 4.69) is 0 Å². The molecule has 1 rings (SSSR count). The molecular formula is C4H4OSSi. The Morgan fingerprint density at radius 3 is 2.86 bits per heavy atom. The van der Waals surface area contributed by atoms with Crippen LogP contribution < -0.4 is 4.50 Å². The Morgan fingerprint density at radius 2 is 2.57 bits per heavy atom. The van der Waals surface area contributed by atoms with Gasteiger partial charge < -0.3 is 4.46 Å². The van der Waals surface area contributed by atoms with E-state index in [9.17, 15) is 4.46 Å². The summed E-state index contributed by atoms with van der Waals surface area (Å²) in [4.78, 5) is 0. The summed E-state index contributed by atoms with van der Waals surface area (Å²) in [5, 5.41) is 1.93. The fourth-order valence-electron chi connectivity index (χ4n) is 0.358. The molecule has 0 aliphatic heterocycles. The van der Waals surface area contributed by atoms with Crippen LogP contribution in [0, 0.1) is 0 Å². The molecule has 0 saturated heterocycles. The second-order valence-corrected chi connectivity index (χ2v) is 3.39. The van der Waals surface area contributed by atoms with Crippen molar-refractivity contribution in [3.05, 3.63) is 17.5 Å². The number of rotatable bonds is 1. The zero-order valence-electron chi connectivity index (χ0n) is 3.63. The molecule has 0 amide bonds. The van der Waals surface area contributed by atoms with Gasteiger partial charge >= 0.3 is 9.41 Å². The summed E-state index contributed by atoms with van der Waals surface area (Å²) in [5.74, 6) is 0. The molecule has 36 valence electrons. The maximum atomic E-state index is 10.1. The molecule has 0 spiro atoms. The first-order valence-electron chi connectivity index (χ1n) is 1.92. The predicted octanol–water partition coefficient (Wildman–Crippen LogP) is 0.155. The van der Waals surface area contributed by atoms with Gasteiger partial charge in [-0.2, -0.15) is 0 Å². The van der Waals surface area contributed by atoms with Crippen LogP contribution in [0.5, 0.6) is 0 Å². The van der Waals surface area contributed by atoms with E-state index >= 15 is 0 Å². The van der Waals surface area contributed by atoms with Crippen LogP contribution in [0.25, 0.3) is 0 Å². The van der Waals surface area contributed by atoms with E-state index in [0.29, 0.717) is 0 Å². The third kappa shape index (κ3) is 1.04. The van der Waals surface area contributed by atoms with Crippen molar-refractivity contribution in [2.24, 2.45) is 0 Å². The third-order valence-electron chi connectivity index (χ3n) is 0.659. The van der Waals surface area contributed by atoms with Crippen molar-refractivity contribution in [2.45, 2.75) is 0 Å². The van der Waals surface area contributed by atoms with E-state index in [1.807, 2.05) is 17.5 Å². The van der Waals surface area contributed by atoms with Crippen LogP contribution in [0.1, 0.15) is 0 Å². The highest BCUT2D eigenvalue weighted by Gasteiger charge is 1.84. The van der Waals surface area contributed by atoms with Crippen LogP contribution >= 0.6 is 11.3 Å². The molecule has 1 heterocycles. The van der Waals surface area contributed by atoms with Gasteiger partial charge in [0.15, 0.2) is 0 Å². The average molecular weight is 128 g/mol. The van der Waals surface area contributed by atoms with Gasteiger partial charge in [-0.3, -0.25) is 0 Å². The SMILES string of the molecule is O=[SiH]c1cccs1. The van der Waals surface area contributed by atoms with Gasteiger partial charge in [-0.15, -0.1) is 11.3 Å². The van der Waals surface area contributed by atoms with Crippen molar-refractivity contribution in [1.29, 1.82) is 0 Å². The highest BCUT2D eigenvalue weighted by Crippen LogP contribution is 1.88. The molecular weight excluding hydrogens is 124 g/mol. The van der Waals surface area contributed by atoms with Gasteiger partial charge in [-0.1, -0.05) is 6.07 Å². The van der Waals surface area contributed by atoms with Gasteiger partial charge in [0, 0.05) is 4.50 Å². The maximum absolute atomic E-state index is 10.1. The molecule has 0 bridgehead atoms. The Hall–Kier alpha value is -0.283. The van der Waals surface area contributed by atoms with Crippen molar-refractivity contribution in [3.8, 4) is 0 Å². The lowest BCUT2D eigenvalue weighted by atomic mass is 10.7. The van der Waals surface area contributed by atoms with Crippen molar-refractivity contribution >= 4 is 25.2 Å². The summed E-state index contributed by atoms with van der Waals surface area (Å²) in [6, 6.07) is 3.79. The van der Waals surface area contributed by atoms with Gasteiger partial charge in [-0.05, 0) is 11.4 Å². The fraction of sp³-hybridized carbons (Fsp3) is 0. The molecule has 1 nitrogen and oxygen atoms in total. The van der Waals surface area contributed by atoms with E-state index in [1.165, 1.54) is 0 Å². The minimum absolute atomic E-state index is 0.688. The van der Waals surface area contributed by atoms with Gasteiger partial charge in [0.25, 0.3) is 0 Å². The van der Waals surface area contributed by atoms with E-state index in [4.69, 9.17) is 0 Å². The van der Waals surface area contributed by atoms with E-state index in [0.717, 1.165) is 4.50 Å². The highest BCUT2D eigenvalue weighted by molar-refractivity contribution is 7.18. The molecule has 7 heavy (non-hydrogen) atoms. The van der Waals surface area contributed by atoms with E-state index in [1.54, 1.807) is 11.3 Å². The summed E-state index contributed by atoms with van der Waals surface area (Å²) in [6.07, 6.45) is 0. The lowest BCUT2D eigenvalue weighted by Gasteiger charge is -1.64. The van der Waals surface area contributed by atoms with Crippen LogP contribution in [0.4, 0.5) is 0 Å². The topological polar surface area (TPSA) is 17.1 Å². The molecule has 0 fully saturated rings. The quantitative estimate of drug-likeness (QED) is 0.492. The second kappa shape index (κ2) is 2.14. The summed E-state index contributed by atoms with van der Waals surface area (Å²) in [5.41, 5.74) is 0. The van der Waals surface area contributed by atoms with Crippen molar-refractivity contribution in [2.75, 3.05) is 0 Å². The maximum Gasteiger partial charge on any atom is 0.306 e. The zero-order valence-corrected chi connectivity index (χ0v) is 5.60. The zero-order chi connectivity index (χ0) is 5.11. The minimum Gasteiger partial charge on any atom is -0.385 e. The molecule has 3 heteroatoms. The molecule has 0 saturated carbocycles. The Labute approximate surface area is 47.9 Å². The fourth-order valence-corrected chi connectivity index (χ4v) is 1.48. The molecule has 0 unspecified atom stereocenters. The smallest absolute Gasteiger partial charge is 0.306 e. The summed E-state index contributed by atoms with van der Waals surface area (Å²) in [6.45, 7) is 0. The standard InChI is InChI=1S/C4H4OSSi/c5-7-4-2-1-3-6-4/h1-3,7H. The monoisotopic (exact) mass is 128 g/mol. The first-order chi connectivity index (χ1) is 3.43. The Morgan fingerprint density at radius 1 is 1.71 bits per heavy atom. The molecule has 0 N–H and O–H groups in total. The van der Waals surface area contributed by atoms with Gasteiger partial charge in [0.2, 0.25) is 0 Å². The normalized spacial score (nSPS) is 8.57. The predicted molar refractivity (Wildman–Crippen MR) is 31.8 cm³/mol. The molecule has 1 aromatic rings. The Kier molecular flexibility index (Phi) is 1.48. The van der Waals surface area contributed by atoms with Crippen LogP contribution in [0.2, 0.25) is 0 Å². The first-order valence-corrected chi connectivity index (χ1v) is 3.85. The summed E-state index contributed by atoms with van der Waals surface area (Å²) in [7, 11) is -0.688. The number of hydrogen-bond acceptors (Lipinski definition) is 2. The van der Waals surface area contributed by atoms with Gasteiger partial charge in [-0.25, -0.2) is 0 Å². The van der Waals surface area contributed by atoms with Gasteiger partial charge in [0.1, 0.15) is 0 Å². The van der Waals surface area contributed by atoms with Crippen LogP contribution in [0.15, 0.2) is 17.5 Å². The molecule has 0 aromatic carbocycles. The van der Waals surface area contributed by atoms with Crippen LogP contribution in [0.3, 0.4) is 0 Å². The van der Waals surface area contributed by atoms with Gasteiger partial charge in [0.05, 0.1) is 0 Å². The Balaban J connectivity index is 2.96. The lowest BCUT2D eigenvalue weighted by molar-refractivity contribution is 0.583. The largest absolute Gasteiger partial charge is 0.385 e. The summed E-state index contributed by atoms with van der Waals surface area (Å²) >= 11 is 1.55. The molecule has 0 aliphatic carbocycles. The summed E-state index contributed by atoms with van der Waals surface area (Å²) < 4.78 is 11.1. The van der Waals surface area contributed by atoms with Crippen LogP contribution in [-0.2, 0) is 4.46 Å². The number of thiophene rings is 1. The van der Waals surface area contributed by atoms with Crippen LogP contribution in [-0.4, -0.2) is 9.41 Å². The first kappa shape index (κ1) is 4.87.